The second-order valence-corrected chi connectivity index (χ2v) is 7.55. The van der Waals surface area contributed by atoms with Gasteiger partial charge in [-0.1, -0.05) is 58.4 Å². The lowest BCUT2D eigenvalue weighted by Crippen LogP contribution is -2.39. The fourth-order valence-corrected chi connectivity index (χ4v) is 3.82. The highest BCUT2D eigenvalue weighted by molar-refractivity contribution is 7.94. The van der Waals surface area contributed by atoms with Gasteiger partial charge >= 0.3 is 0 Å². The topological polar surface area (TPSA) is 46.2 Å². The lowest BCUT2D eigenvalue weighted by Gasteiger charge is -2.22. The minimum atomic E-state index is -2.93. The summed E-state index contributed by atoms with van der Waals surface area (Å²) in [6.07, 6.45) is 11.6. The first-order valence-electron chi connectivity index (χ1n) is 7.74. The maximum absolute atomic E-state index is 11.4. The van der Waals surface area contributed by atoms with Crippen molar-refractivity contribution in [1.29, 1.82) is 0 Å². The maximum atomic E-state index is 11.4. The highest BCUT2D eigenvalue weighted by Crippen LogP contribution is 2.15. The Hall–Kier alpha value is -0.350. The van der Waals surface area contributed by atoms with E-state index >= 15 is 0 Å². The number of unbranched alkanes of at least 4 members (excludes halogenated alkanes) is 4. The summed E-state index contributed by atoms with van der Waals surface area (Å²) in [4.78, 5) is 0. The third kappa shape index (κ3) is 7.11. The molecule has 4 heteroatoms. The normalized spacial score (nSPS) is 21.3. The number of sulfone groups is 1. The van der Waals surface area contributed by atoms with Crippen LogP contribution in [-0.4, -0.2) is 26.3 Å². The molecule has 0 spiro atoms. The zero-order valence-electron chi connectivity index (χ0n) is 12.4. The molecule has 0 bridgehead atoms. The van der Waals surface area contributed by atoms with E-state index in [1.54, 1.807) is 0 Å². The van der Waals surface area contributed by atoms with Gasteiger partial charge in [0.1, 0.15) is 0 Å². The molecule has 0 amide bonds. The molecule has 112 valence electrons. The molecule has 1 aliphatic heterocycles. The van der Waals surface area contributed by atoms with Gasteiger partial charge in [-0.2, -0.15) is 0 Å². The number of rotatable bonds is 10. The molecule has 0 saturated carbocycles. The van der Waals surface area contributed by atoms with Gasteiger partial charge in [0.25, 0.3) is 0 Å². The average molecular weight is 287 g/mol. The summed E-state index contributed by atoms with van der Waals surface area (Å²) >= 11 is 0. The summed E-state index contributed by atoms with van der Waals surface area (Å²) in [7, 11) is -2.93. The van der Waals surface area contributed by atoms with Gasteiger partial charge in [-0.15, -0.1) is 0 Å². The first-order chi connectivity index (χ1) is 9.07. The standard InChI is InChI=1S/C15H29NO2S/c1-3-5-7-9-14(10-8-6-4-2)16-15-11-12-19(17,18)13-15/h11-12,14-16H,3-10,13H2,1-2H3. The molecular formula is C15H29NO2S. The Kier molecular flexibility index (Phi) is 7.69. The van der Waals surface area contributed by atoms with Crippen molar-refractivity contribution in [3.63, 3.8) is 0 Å². The molecule has 3 nitrogen and oxygen atoms in total. The fraction of sp³-hybridized carbons (Fsp3) is 0.867. The molecular weight excluding hydrogens is 258 g/mol. The lowest BCUT2D eigenvalue weighted by atomic mass is 10.0. The average Bonchev–Trinajstić information content (AvgIpc) is 2.69. The van der Waals surface area contributed by atoms with Crippen LogP contribution >= 0.6 is 0 Å². The minimum absolute atomic E-state index is 0.0262. The lowest BCUT2D eigenvalue weighted by molar-refractivity contribution is 0.405. The molecule has 0 aromatic rings. The van der Waals surface area contributed by atoms with Gasteiger partial charge in [-0.25, -0.2) is 8.42 Å². The van der Waals surface area contributed by atoms with Crippen molar-refractivity contribution in [2.24, 2.45) is 0 Å². The van der Waals surface area contributed by atoms with Gasteiger partial charge in [0.05, 0.1) is 5.75 Å². The summed E-state index contributed by atoms with van der Waals surface area (Å²) in [5.41, 5.74) is 0. The number of hydrogen-bond donors (Lipinski definition) is 1. The molecule has 1 atom stereocenters. The molecule has 1 unspecified atom stereocenters. The van der Waals surface area contributed by atoms with Crippen LogP contribution in [0.25, 0.3) is 0 Å². The maximum Gasteiger partial charge on any atom is 0.173 e. The Morgan fingerprint density at radius 3 is 2.11 bits per heavy atom. The third-order valence-corrected chi connectivity index (χ3v) is 5.09. The van der Waals surface area contributed by atoms with E-state index in [4.69, 9.17) is 0 Å². The van der Waals surface area contributed by atoms with Crippen LogP contribution in [0.15, 0.2) is 11.5 Å². The van der Waals surface area contributed by atoms with Crippen LogP contribution in [0.2, 0.25) is 0 Å². The van der Waals surface area contributed by atoms with Gasteiger partial charge in [0.15, 0.2) is 9.84 Å². The molecule has 0 aromatic heterocycles. The van der Waals surface area contributed by atoms with Crippen molar-refractivity contribution in [2.45, 2.75) is 77.3 Å². The van der Waals surface area contributed by atoms with Crippen molar-refractivity contribution >= 4 is 9.84 Å². The Balaban J connectivity index is 2.37. The van der Waals surface area contributed by atoms with E-state index in [0.29, 0.717) is 6.04 Å². The molecule has 1 rings (SSSR count). The van der Waals surface area contributed by atoms with Crippen LogP contribution in [0.3, 0.4) is 0 Å². The minimum Gasteiger partial charge on any atom is -0.307 e. The summed E-state index contributed by atoms with van der Waals surface area (Å²) in [6, 6.07) is 0.499. The second kappa shape index (κ2) is 8.75. The third-order valence-electron chi connectivity index (χ3n) is 3.69. The van der Waals surface area contributed by atoms with Crippen molar-refractivity contribution in [1.82, 2.24) is 5.32 Å². The molecule has 1 aliphatic rings. The van der Waals surface area contributed by atoms with Crippen LogP contribution in [0, 0.1) is 0 Å². The van der Waals surface area contributed by atoms with Gasteiger partial charge in [0.2, 0.25) is 0 Å². The van der Waals surface area contributed by atoms with Crippen molar-refractivity contribution < 1.29 is 8.42 Å². The van der Waals surface area contributed by atoms with Gasteiger partial charge in [0, 0.05) is 17.5 Å². The van der Waals surface area contributed by atoms with Crippen LogP contribution < -0.4 is 5.32 Å². The summed E-state index contributed by atoms with van der Waals surface area (Å²) < 4.78 is 22.8. The van der Waals surface area contributed by atoms with Crippen molar-refractivity contribution in [3.05, 3.63) is 11.5 Å². The highest BCUT2D eigenvalue weighted by atomic mass is 32.2. The molecule has 0 radical (unpaired) electrons. The molecule has 1 N–H and O–H groups in total. The molecule has 0 fully saturated rings. The second-order valence-electron chi connectivity index (χ2n) is 5.62. The quantitative estimate of drug-likeness (QED) is 0.626. The first kappa shape index (κ1) is 16.7. The van der Waals surface area contributed by atoms with Gasteiger partial charge < -0.3 is 5.32 Å². The summed E-state index contributed by atoms with van der Waals surface area (Å²) in [6.45, 7) is 4.43. The smallest absolute Gasteiger partial charge is 0.173 e. The summed E-state index contributed by atoms with van der Waals surface area (Å²) in [5, 5.41) is 4.88. The van der Waals surface area contributed by atoms with E-state index in [1.165, 1.54) is 56.8 Å². The largest absolute Gasteiger partial charge is 0.307 e. The predicted molar refractivity (Wildman–Crippen MR) is 81.9 cm³/mol. The monoisotopic (exact) mass is 287 g/mol. The van der Waals surface area contributed by atoms with E-state index in [9.17, 15) is 8.42 Å². The highest BCUT2D eigenvalue weighted by Gasteiger charge is 2.23. The van der Waals surface area contributed by atoms with Gasteiger partial charge in [-0.05, 0) is 12.8 Å². The van der Waals surface area contributed by atoms with E-state index in [1.807, 2.05) is 6.08 Å². The van der Waals surface area contributed by atoms with Crippen LogP contribution in [-0.2, 0) is 9.84 Å². The molecule has 0 saturated heterocycles. The van der Waals surface area contributed by atoms with E-state index in [-0.39, 0.29) is 11.8 Å². The summed E-state index contributed by atoms with van der Waals surface area (Å²) in [5.74, 6) is 0.241. The molecule has 1 heterocycles. The zero-order valence-corrected chi connectivity index (χ0v) is 13.2. The SMILES string of the molecule is CCCCCC(CCCCC)NC1C=CS(=O)(=O)C1. The molecule has 0 aliphatic carbocycles. The van der Waals surface area contributed by atoms with Crippen LogP contribution in [0.4, 0.5) is 0 Å². The van der Waals surface area contributed by atoms with Crippen LogP contribution in [0.5, 0.6) is 0 Å². The van der Waals surface area contributed by atoms with E-state index < -0.39 is 9.84 Å². The number of nitrogens with one attached hydrogen (secondary N) is 1. The zero-order chi connectivity index (χ0) is 14.1. The molecule has 19 heavy (non-hydrogen) atoms. The Morgan fingerprint density at radius 1 is 1.11 bits per heavy atom. The predicted octanol–water partition coefficient (Wildman–Crippen LogP) is 3.42. The van der Waals surface area contributed by atoms with Crippen molar-refractivity contribution in [3.8, 4) is 0 Å². The molecule has 0 aromatic carbocycles. The van der Waals surface area contributed by atoms with E-state index in [2.05, 4.69) is 19.2 Å². The first-order valence-corrected chi connectivity index (χ1v) is 9.46. The van der Waals surface area contributed by atoms with Gasteiger partial charge in [-0.3, -0.25) is 0 Å². The Bertz CT molecular complexity index is 352. The fourth-order valence-electron chi connectivity index (χ4n) is 2.57. The van der Waals surface area contributed by atoms with E-state index in [0.717, 1.165) is 0 Å². The Labute approximate surface area is 118 Å². The number of hydrogen-bond acceptors (Lipinski definition) is 3. The van der Waals surface area contributed by atoms with Crippen LogP contribution in [0.1, 0.15) is 65.2 Å². The Morgan fingerprint density at radius 2 is 1.68 bits per heavy atom. The van der Waals surface area contributed by atoms with Crippen molar-refractivity contribution in [2.75, 3.05) is 5.75 Å².